The van der Waals surface area contributed by atoms with Crippen LogP contribution in [0.4, 0.5) is 0 Å². The first kappa shape index (κ1) is 12.4. The van der Waals surface area contributed by atoms with Gasteiger partial charge < -0.3 is 4.74 Å². The van der Waals surface area contributed by atoms with Crippen molar-refractivity contribution in [1.29, 1.82) is 0 Å². The highest BCUT2D eigenvalue weighted by molar-refractivity contribution is 7.90. The summed E-state index contributed by atoms with van der Waals surface area (Å²) in [4.78, 5) is 11.1. The molecule has 0 bridgehead atoms. The molecule has 1 aromatic carbocycles. The minimum Gasteiger partial charge on any atom is -0.466 e. The molecule has 16 heavy (non-hydrogen) atoms. The first-order chi connectivity index (χ1) is 7.45. The van der Waals surface area contributed by atoms with Crippen molar-refractivity contribution in [2.24, 2.45) is 0 Å². The molecule has 0 spiro atoms. The van der Waals surface area contributed by atoms with Gasteiger partial charge in [0.1, 0.15) is 0 Å². The normalized spacial score (nSPS) is 11.6. The van der Waals surface area contributed by atoms with Crippen LogP contribution in [-0.4, -0.2) is 27.8 Å². The van der Waals surface area contributed by atoms with Gasteiger partial charge in [0.2, 0.25) is 0 Å². The molecule has 0 aromatic heterocycles. The molecule has 0 saturated heterocycles. The Morgan fingerprint density at radius 2 is 1.94 bits per heavy atom. The van der Waals surface area contributed by atoms with Crippen LogP contribution >= 0.6 is 0 Å². The lowest BCUT2D eigenvalue weighted by molar-refractivity contribution is -0.134. The highest BCUT2D eigenvalue weighted by Crippen LogP contribution is 2.16. The van der Waals surface area contributed by atoms with E-state index < -0.39 is 15.8 Å². The summed E-state index contributed by atoms with van der Waals surface area (Å²) in [5, 5.41) is 0. The Hall–Kier alpha value is -1.62. The van der Waals surface area contributed by atoms with Crippen LogP contribution in [0.3, 0.4) is 0 Å². The SMILES string of the molecule is COC(=O)C=Cc1ccccc1S(C)(=O)=O. The van der Waals surface area contributed by atoms with Crippen LogP contribution in [0.5, 0.6) is 0 Å². The van der Waals surface area contributed by atoms with E-state index in [0.29, 0.717) is 5.56 Å². The minimum atomic E-state index is -3.29. The zero-order valence-corrected chi connectivity index (χ0v) is 9.82. The molecule has 0 atom stereocenters. The van der Waals surface area contributed by atoms with Crippen molar-refractivity contribution in [3.05, 3.63) is 35.9 Å². The third-order valence-corrected chi connectivity index (χ3v) is 3.09. The molecule has 0 fully saturated rings. The Morgan fingerprint density at radius 1 is 1.31 bits per heavy atom. The van der Waals surface area contributed by atoms with Gasteiger partial charge in [-0.3, -0.25) is 0 Å². The molecule has 4 nitrogen and oxygen atoms in total. The molecule has 0 amide bonds. The van der Waals surface area contributed by atoms with Gasteiger partial charge in [-0.1, -0.05) is 18.2 Å². The van der Waals surface area contributed by atoms with E-state index in [9.17, 15) is 13.2 Å². The summed E-state index contributed by atoms with van der Waals surface area (Å²) in [5.41, 5.74) is 0.468. The molecular formula is C11H12O4S. The number of ether oxygens (including phenoxy) is 1. The highest BCUT2D eigenvalue weighted by atomic mass is 32.2. The van der Waals surface area contributed by atoms with Crippen molar-refractivity contribution in [2.75, 3.05) is 13.4 Å². The number of rotatable bonds is 3. The minimum absolute atomic E-state index is 0.190. The number of sulfone groups is 1. The maximum absolute atomic E-state index is 11.4. The maximum Gasteiger partial charge on any atom is 0.330 e. The number of hydrogen-bond acceptors (Lipinski definition) is 4. The van der Waals surface area contributed by atoms with Gasteiger partial charge in [0.05, 0.1) is 12.0 Å². The number of methoxy groups -OCH3 is 1. The van der Waals surface area contributed by atoms with E-state index in [1.165, 1.54) is 25.3 Å². The van der Waals surface area contributed by atoms with Crippen molar-refractivity contribution in [2.45, 2.75) is 4.90 Å². The Bertz CT molecular complexity index is 515. The van der Waals surface area contributed by atoms with Crippen LogP contribution in [0.2, 0.25) is 0 Å². The van der Waals surface area contributed by atoms with Crippen LogP contribution in [0.15, 0.2) is 35.2 Å². The Labute approximate surface area is 94.5 Å². The predicted molar refractivity (Wildman–Crippen MR) is 60.6 cm³/mol. The third kappa shape index (κ3) is 3.20. The summed E-state index contributed by atoms with van der Waals surface area (Å²) in [6, 6.07) is 6.44. The standard InChI is InChI=1S/C11H12O4S/c1-15-11(12)8-7-9-5-3-4-6-10(9)16(2,13)14/h3-8H,1-2H3. The van der Waals surface area contributed by atoms with Gasteiger partial charge in [0, 0.05) is 12.3 Å². The number of carbonyl (C=O) groups is 1. The van der Waals surface area contributed by atoms with E-state index in [0.717, 1.165) is 6.26 Å². The number of esters is 1. The topological polar surface area (TPSA) is 60.4 Å². The summed E-state index contributed by atoms with van der Waals surface area (Å²) in [6.07, 6.45) is 3.73. The quantitative estimate of drug-likeness (QED) is 0.589. The van der Waals surface area contributed by atoms with Crippen LogP contribution in [0.1, 0.15) is 5.56 Å². The second-order valence-corrected chi connectivity index (χ2v) is 5.15. The average molecular weight is 240 g/mol. The summed E-state index contributed by atoms with van der Waals surface area (Å²) in [6.45, 7) is 0. The molecule has 1 aromatic rings. The first-order valence-electron chi connectivity index (χ1n) is 4.50. The van der Waals surface area contributed by atoms with E-state index in [1.807, 2.05) is 0 Å². The lowest BCUT2D eigenvalue weighted by Gasteiger charge is -2.02. The van der Waals surface area contributed by atoms with E-state index in [-0.39, 0.29) is 4.90 Å². The van der Waals surface area contributed by atoms with Crippen molar-refractivity contribution in [3.63, 3.8) is 0 Å². The summed E-state index contributed by atoms with van der Waals surface area (Å²) >= 11 is 0. The molecule has 0 unspecified atom stereocenters. The van der Waals surface area contributed by atoms with Crippen LogP contribution in [0, 0.1) is 0 Å². The molecule has 0 radical (unpaired) electrons. The Morgan fingerprint density at radius 3 is 2.50 bits per heavy atom. The van der Waals surface area contributed by atoms with E-state index in [1.54, 1.807) is 18.2 Å². The fraction of sp³-hybridized carbons (Fsp3) is 0.182. The molecular weight excluding hydrogens is 228 g/mol. The number of benzene rings is 1. The highest BCUT2D eigenvalue weighted by Gasteiger charge is 2.10. The van der Waals surface area contributed by atoms with Crippen LogP contribution < -0.4 is 0 Å². The van der Waals surface area contributed by atoms with E-state index in [2.05, 4.69) is 4.74 Å². The van der Waals surface area contributed by atoms with Crippen LogP contribution in [0.25, 0.3) is 6.08 Å². The zero-order chi connectivity index (χ0) is 12.2. The van der Waals surface area contributed by atoms with Gasteiger partial charge in [-0.05, 0) is 17.7 Å². The monoisotopic (exact) mass is 240 g/mol. The van der Waals surface area contributed by atoms with Gasteiger partial charge in [0.15, 0.2) is 9.84 Å². The smallest absolute Gasteiger partial charge is 0.330 e. The average Bonchev–Trinajstić information content (AvgIpc) is 2.25. The van der Waals surface area contributed by atoms with Crippen molar-refractivity contribution >= 4 is 21.9 Å². The van der Waals surface area contributed by atoms with Gasteiger partial charge in [-0.2, -0.15) is 0 Å². The van der Waals surface area contributed by atoms with Crippen molar-refractivity contribution < 1.29 is 17.9 Å². The second kappa shape index (κ2) is 4.94. The molecule has 5 heteroatoms. The first-order valence-corrected chi connectivity index (χ1v) is 6.39. The van der Waals surface area contributed by atoms with Gasteiger partial charge >= 0.3 is 5.97 Å². The fourth-order valence-electron chi connectivity index (χ4n) is 1.18. The van der Waals surface area contributed by atoms with Gasteiger partial charge in [0.25, 0.3) is 0 Å². The molecule has 0 aliphatic heterocycles. The molecule has 0 saturated carbocycles. The molecule has 1 rings (SSSR count). The molecule has 86 valence electrons. The van der Waals surface area contributed by atoms with Crippen molar-refractivity contribution in [3.8, 4) is 0 Å². The summed E-state index contributed by atoms with van der Waals surface area (Å²) in [7, 11) is -2.03. The lowest BCUT2D eigenvalue weighted by Crippen LogP contribution is -2.00. The Kier molecular flexibility index (Phi) is 3.84. The molecule has 0 aliphatic rings. The van der Waals surface area contributed by atoms with Crippen LogP contribution in [-0.2, 0) is 19.4 Å². The third-order valence-electron chi connectivity index (χ3n) is 1.92. The molecule has 0 aliphatic carbocycles. The maximum atomic E-state index is 11.4. The van der Waals surface area contributed by atoms with E-state index >= 15 is 0 Å². The Balaban J connectivity index is 3.15. The fourth-order valence-corrected chi connectivity index (χ4v) is 2.07. The molecule has 0 N–H and O–H groups in total. The van der Waals surface area contributed by atoms with E-state index in [4.69, 9.17) is 0 Å². The zero-order valence-electron chi connectivity index (χ0n) is 9.01. The predicted octanol–water partition coefficient (Wildman–Crippen LogP) is 1.28. The van der Waals surface area contributed by atoms with Crippen molar-refractivity contribution in [1.82, 2.24) is 0 Å². The van der Waals surface area contributed by atoms with Gasteiger partial charge in [-0.15, -0.1) is 0 Å². The summed E-state index contributed by atoms with van der Waals surface area (Å²) < 4.78 is 27.3. The van der Waals surface area contributed by atoms with Gasteiger partial charge in [-0.25, -0.2) is 13.2 Å². The second-order valence-electron chi connectivity index (χ2n) is 3.17. The number of hydrogen-bond donors (Lipinski definition) is 0. The largest absolute Gasteiger partial charge is 0.466 e. The lowest BCUT2D eigenvalue weighted by atomic mass is 10.2. The molecule has 0 heterocycles. The summed E-state index contributed by atoms with van der Waals surface area (Å²) in [5.74, 6) is -0.525. The number of carbonyl (C=O) groups excluding carboxylic acids is 1.